The van der Waals surface area contributed by atoms with Crippen LogP contribution in [0.5, 0.6) is 0 Å². The summed E-state index contributed by atoms with van der Waals surface area (Å²) in [6, 6.07) is 45.0. The Hall–Kier alpha value is -4.59. The van der Waals surface area contributed by atoms with E-state index in [0.29, 0.717) is 0 Å². The number of hydrogen-bond donors (Lipinski definition) is 0. The first-order valence-corrected chi connectivity index (χ1v) is 13.2. The molecule has 0 fully saturated rings. The number of benzene rings is 7. The van der Waals surface area contributed by atoms with Crippen LogP contribution in [0.2, 0.25) is 5.02 Å². The number of fused-ring (bicyclic) bond motifs is 9. The molecule has 1 aromatic heterocycles. The molecule has 38 heavy (non-hydrogen) atoms. The molecule has 1 nitrogen and oxygen atoms in total. The van der Waals surface area contributed by atoms with Crippen molar-refractivity contribution in [1.29, 1.82) is 0 Å². The highest BCUT2D eigenvalue weighted by molar-refractivity contribution is 6.40. The lowest BCUT2D eigenvalue weighted by atomic mass is 9.92. The Balaban J connectivity index is 1.26. The Morgan fingerprint density at radius 2 is 0.921 bits per heavy atom. The normalized spacial score (nSPS) is 11.8. The fourth-order valence-corrected chi connectivity index (χ4v) is 6.29. The lowest BCUT2D eigenvalue weighted by Gasteiger charge is -2.12. The third-order valence-corrected chi connectivity index (χ3v) is 8.15. The van der Waals surface area contributed by atoms with Crippen molar-refractivity contribution in [3.8, 4) is 22.3 Å². The average Bonchev–Trinajstić information content (AvgIpc) is 3.37. The van der Waals surface area contributed by atoms with Gasteiger partial charge in [-0.25, -0.2) is 0 Å². The van der Waals surface area contributed by atoms with Crippen molar-refractivity contribution < 1.29 is 4.42 Å². The van der Waals surface area contributed by atoms with E-state index in [0.717, 1.165) is 38.1 Å². The zero-order valence-corrected chi connectivity index (χ0v) is 21.2. The van der Waals surface area contributed by atoms with Gasteiger partial charge >= 0.3 is 0 Å². The maximum atomic E-state index is 6.96. The van der Waals surface area contributed by atoms with Crippen molar-refractivity contribution in [3.05, 3.63) is 132 Å². The largest absolute Gasteiger partial charge is 0.456 e. The monoisotopic (exact) mass is 504 g/mol. The molecule has 7 aromatic carbocycles. The minimum Gasteiger partial charge on any atom is -0.456 e. The fourth-order valence-electron chi connectivity index (χ4n) is 5.93. The highest BCUT2D eigenvalue weighted by Gasteiger charge is 2.15. The van der Waals surface area contributed by atoms with E-state index in [4.69, 9.17) is 16.0 Å². The van der Waals surface area contributed by atoms with E-state index in [-0.39, 0.29) is 0 Å². The molecule has 0 radical (unpaired) electrons. The third-order valence-electron chi connectivity index (χ3n) is 7.75. The molecule has 0 unspecified atom stereocenters. The van der Waals surface area contributed by atoms with Gasteiger partial charge < -0.3 is 4.42 Å². The molecule has 0 aliphatic heterocycles. The fraction of sp³-hybridized carbons (Fsp3) is 0. The van der Waals surface area contributed by atoms with Gasteiger partial charge in [0.1, 0.15) is 11.2 Å². The van der Waals surface area contributed by atoms with Crippen LogP contribution in [-0.2, 0) is 0 Å². The molecular weight excluding hydrogens is 484 g/mol. The second-order valence-corrected chi connectivity index (χ2v) is 10.2. The number of furan rings is 1. The van der Waals surface area contributed by atoms with Gasteiger partial charge in [-0.05, 0) is 73.3 Å². The lowest BCUT2D eigenvalue weighted by Crippen LogP contribution is -1.85. The van der Waals surface area contributed by atoms with E-state index < -0.39 is 0 Å². The van der Waals surface area contributed by atoms with Crippen molar-refractivity contribution >= 4 is 65.9 Å². The molecule has 8 aromatic rings. The Labute approximate surface area is 224 Å². The maximum Gasteiger partial charge on any atom is 0.136 e. The van der Waals surface area contributed by atoms with E-state index in [9.17, 15) is 0 Å². The number of para-hydroxylation sites is 1. The van der Waals surface area contributed by atoms with Gasteiger partial charge in [-0.2, -0.15) is 0 Å². The summed E-state index contributed by atoms with van der Waals surface area (Å²) < 4.78 is 6.01. The summed E-state index contributed by atoms with van der Waals surface area (Å²) in [4.78, 5) is 0. The highest BCUT2D eigenvalue weighted by Crippen LogP contribution is 2.41. The molecule has 0 aliphatic rings. The summed E-state index contributed by atoms with van der Waals surface area (Å²) in [6.07, 6.45) is 0. The molecule has 0 saturated heterocycles. The van der Waals surface area contributed by atoms with Crippen molar-refractivity contribution in [3.63, 3.8) is 0 Å². The van der Waals surface area contributed by atoms with Gasteiger partial charge in [0.25, 0.3) is 0 Å². The third kappa shape index (κ3) is 3.13. The lowest BCUT2D eigenvalue weighted by molar-refractivity contribution is 0.669. The Morgan fingerprint density at radius 1 is 0.395 bits per heavy atom. The molecule has 0 amide bonds. The summed E-state index contributed by atoms with van der Waals surface area (Å²) in [5, 5.41) is 10.5. The predicted molar refractivity (Wildman–Crippen MR) is 162 cm³/mol. The van der Waals surface area contributed by atoms with Crippen LogP contribution in [0.3, 0.4) is 0 Å². The molecule has 0 bridgehead atoms. The topological polar surface area (TPSA) is 13.1 Å². The van der Waals surface area contributed by atoms with Gasteiger partial charge in [0.2, 0.25) is 0 Å². The van der Waals surface area contributed by atoms with E-state index in [1.165, 1.54) is 43.4 Å². The second kappa shape index (κ2) is 8.21. The van der Waals surface area contributed by atoms with Crippen LogP contribution >= 0.6 is 11.6 Å². The minimum absolute atomic E-state index is 0.726. The Morgan fingerprint density at radius 3 is 1.61 bits per heavy atom. The Bertz CT molecular complexity index is 2150. The van der Waals surface area contributed by atoms with Gasteiger partial charge in [-0.3, -0.25) is 0 Å². The first-order chi connectivity index (χ1) is 18.8. The smallest absolute Gasteiger partial charge is 0.136 e. The van der Waals surface area contributed by atoms with Crippen LogP contribution in [0, 0.1) is 0 Å². The number of hydrogen-bond acceptors (Lipinski definition) is 1. The summed E-state index contributed by atoms with van der Waals surface area (Å²) in [7, 11) is 0. The van der Waals surface area contributed by atoms with Crippen LogP contribution < -0.4 is 0 Å². The second-order valence-electron chi connectivity index (χ2n) is 9.83. The van der Waals surface area contributed by atoms with Gasteiger partial charge in [-0.1, -0.05) is 115 Å². The van der Waals surface area contributed by atoms with E-state index in [1.54, 1.807) is 0 Å². The standard InChI is InChI=1S/C36H21ClO/c37-36-25(19-20-34-35(36)31-11-5-6-12-33(31)38-34)23-15-13-22(14-16-23)24-17-18-30-28-9-2-1-7-26(28)27-8-3-4-10-29(27)32(30)21-24/h1-21H. The van der Waals surface area contributed by atoms with Crippen molar-refractivity contribution in [2.24, 2.45) is 0 Å². The molecule has 0 N–H and O–H groups in total. The molecule has 1 heterocycles. The molecule has 0 spiro atoms. The highest BCUT2D eigenvalue weighted by atomic mass is 35.5. The first kappa shape index (κ1) is 21.5. The summed E-state index contributed by atoms with van der Waals surface area (Å²) in [6.45, 7) is 0. The zero-order chi connectivity index (χ0) is 25.2. The molecular formula is C36H21ClO. The van der Waals surface area contributed by atoms with Gasteiger partial charge in [-0.15, -0.1) is 0 Å². The predicted octanol–water partition coefficient (Wildman–Crippen LogP) is 11.0. The van der Waals surface area contributed by atoms with Crippen LogP contribution in [0.1, 0.15) is 0 Å². The van der Waals surface area contributed by atoms with Crippen molar-refractivity contribution in [2.75, 3.05) is 0 Å². The van der Waals surface area contributed by atoms with E-state index in [1.807, 2.05) is 24.3 Å². The van der Waals surface area contributed by atoms with Crippen LogP contribution in [-0.4, -0.2) is 0 Å². The molecule has 0 aliphatic carbocycles. The summed E-state index contributed by atoms with van der Waals surface area (Å²) >= 11 is 6.96. The quantitative estimate of drug-likeness (QED) is 0.213. The molecule has 0 saturated carbocycles. The van der Waals surface area contributed by atoms with Crippen LogP contribution in [0.25, 0.3) is 76.5 Å². The van der Waals surface area contributed by atoms with E-state index in [2.05, 4.69) is 103 Å². The van der Waals surface area contributed by atoms with Crippen LogP contribution in [0.15, 0.2) is 132 Å². The molecule has 0 atom stereocenters. The average molecular weight is 505 g/mol. The SMILES string of the molecule is Clc1c(-c2ccc(-c3ccc4c5ccccc5c5ccccc5c4c3)cc2)ccc2oc3ccccc3c12. The van der Waals surface area contributed by atoms with Crippen molar-refractivity contribution in [2.45, 2.75) is 0 Å². The van der Waals surface area contributed by atoms with Crippen molar-refractivity contribution in [1.82, 2.24) is 0 Å². The molecule has 178 valence electrons. The Kier molecular flexibility index (Phi) is 4.64. The van der Waals surface area contributed by atoms with Gasteiger partial charge in [0.15, 0.2) is 0 Å². The number of halogens is 1. The van der Waals surface area contributed by atoms with E-state index >= 15 is 0 Å². The molecule has 2 heteroatoms. The summed E-state index contributed by atoms with van der Waals surface area (Å²) in [5.74, 6) is 0. The first-order valence-electron chi connectivity index (χ1n) is 12.8. The zero-order valence-electron chi connectivity index (χ0n) is 20.4. The van der Waals surface area contributed by atoms with Crippen LogP contribution in [0.4, 0.5) is 0 Å². The minimum atomic E-state index is 0.726. The number of rotatable bonds is 2. The maximum absolute atomic E-state index is 6.96. The molecule has 8 rings (SSSR count). The summed E-state index contributed by atoms with van der Waals surface area (Å²) in [5.41, 5.74) is 6.14. The van der Waals surface area contributed by atoms with Gasteiger partial charge in [0, 0.05) is 16.3 Å². The van der Waals surface area contributed by atoms with Gasteiger partial charge in [0.05, 0.1) is 5.02 Å².